The Bertz CT molecular complexity index is 734. The van der Waals surface area contributed by atoms with Crippen molar-refractivity contribution in [1.82, 2.24) is 0 Å². The number of halogens is 1. The van der Waals surface area contributed by atoms with Crippen LogP contribution in [0, 0.1) is 0 Å². The number of hydrogen-bond donors (Lipinski definition) is 1. The van der Waals surface area contributed by atoms with Gasteiger partial charge in [-0.1, -0.05) is 54.1 Å². The highest BCUT2D eigenvalue weighted by molar-refractivity contribution is 6.31. The average molecular weight is 310 g/mol. The zero-order valence-electron chi connectivity index (χ0n) is 12.0. The molecule has 0 amide bonds. The molecule has 0 radical (unpaired) electrons. The second-order valence-corrected chi connectivity index (χ2v) is 5.51. The van der Waals surface area contributed by atoms with Crippen molar-refractivity contribution in [3.05, 3.63) is 83.4 Å². The summed E-state index contributed by atoms with van der Waals surface area (Å²) < 4.78 is 5.78. The molecule has 2 N–H and O–H groups in total. The minimum absolute atomic E-state index is 0.560. The van der Waals surface area contributed by atoms with Gasteiger partial charge >= 0.3 is 0 Å². The molecular formula is C19H16ClNO. The van der Waals surface area contributed by atoms with Gasteiger partial charge in [-0.05, 0) is 47.0 Å². The van der Waals surface area contributed by atoms with Gasteiger partial charge in [-0.25, -0.2) is 0 Å². The van der Waals surface area contributed by atoms with Crippen LogP contribution >= 0.6 is 11.6 Å². The predicted octanol–water partition coefficient (Wildman–Crippen LogP) is 5.17. The summed E-state index contributed by atoms with van der Waals surface area (Å²) in [5.41, 5.74) is 9.69. The normalized spacial score (nSPS) is 10.4. The molecule has 0 unspecified atom stereocenters. The number of benzene rings is 3. The van der Waals surface area contributed by atoms with Crippen LogP contribution in [0.1, 0.15) is 5.56 Å². The molecule has 110 valence electrons. The number of nitrogens with two attached hydrogens (primary N) is 1. The molecule has 3 aromatic carbocycles. The lowest BCUT2D eigenvalue weighted by molar-refractivity contribution is 0.306. The minimum atomic E-state index is 0.560. The van der Waals surface area contributed by atoms with Gasteiger partial charge in [0.1, 0.15) is 12.4 Å². The Morgan fingerprint density at radius 3 is 2.23 bits per heavy atom. The number of nitrogen functional groups attached to an aromatic ring is 1. The van der Waals surface area contributed by atoms with E-state index in [1.807, 2.05) is 66.7 Å². The van der Waals surface area contributed by atoms with Crippen LogP contribution < -0.4 is 10.5 Å². The van der Waals surface area contributed by atoms with E-state index in [0.717, 1.165) is 22.4 Å². The molecule has 0 aromatic heterocycles. The van der Waals surface area contributed by atoms with Gasteiger partial charge < -0.3 is 10.5 Å². The Morgan fingerprint density at radius 1 is 0.818 bits per heavy atom. The van der Waals surface area contributed by atoms with Gasteiger partial charge in [0.15, 0.2) is 0 Å². The van der Waals surface area contributed by atoms with Crippen molar-refractivity contribution in [2.24, 2.45) is 0 Å². The van der Waals surface area contributed by atoms with Crippen molar-refractivity contribution in [3.8, 4) is 16.9 Å². The summed E-state index contributed by atoms with van der Waals surface area (Å²) in [4.78, 5) is 0. The maximum Gasteiger partial charge on any atom is 0.119 e. The van der Waals surface area contributed by atoms with Crippen LogP contribution in [0.15, 0.2) is 72.8 Å². The largest absolute Gasteiger partial charge is 0.489 e. The maximum absolute atomic E-state index is 6.04. The summed E-state index contributed by atoms with van der Waals surface area (Å²) in [7, 11) is 0. The van der Waals surface area contributed by atoms with E-state index in [4.69, 9.17) is 22.1 Å². The quantitative estimate of drug-likeness (QED) is 0.675. The maximum atomic E-state index is 6.04. The third-order valence-electron chi connectivity index (χ3n) is 3.36. The van der Waals surface area contributed by atoms with Gasteiger partial charge in [-0.2, -0.15) is 0 Å². The van der Waals surface area contributed by atoms with Crippen LogP contribution in [0.25, 0.3) is 11.1 Å². The lowest BCUT2D eigenvalue weighted by Gasteiger charge is -2.08. The summed E-state index contributed by atoms with van der Waals surface area (Å²) in [6.07, 6.45) is 0. The lowest BCUT2D eigenvalue weighted by atomic mass is 10.1. The molecular weight excluding hydrogens is 294 g/mol. The van der Waals surface area contributed by atoms with Crippen LogP contribution in [0.3, 0.4) is 0 Å². The minimum Gasteiger partial charge on any atom is -0.489 e. The van der Waals surface area contributed by atoms with Crippen LogP contribution in [0.5, 0.6) is 5.75 Å². The molecule has 0 aliphatic rings. The first-order chi connectivity index (χ1) is 10.7. The van der Waals surface area contributed by atoms with E-state index in [0.29, 0.717) is 17.3 Å². The van der Waals surface area contributed by atoms with Crippen LogP contribution in [-0.4, -0.2) is 0 Å². The zero-order valence-corrected chi connectivity index (χ0v) is 12.8. The van der Waals surface area contributed by atoms with E-state index in [1.165, 1.54) is 0 Å². The molecule has 0 spiro atoms. The molecule has 0 atom stereocenters. The van der Waals surface area contributed by atoms with E-state index < -0.39 is 0 Å². The number of hydrogen-bond acceptors (Lipinski definition) is 2. The fourth-order valence-electron chi connectivity index (χ4n) is 2.26. The molecule has 3 heteroatoms. The first-order valence-corrected chi connectivity index (χ1v) is 7.42. The highest BCUT2D eigenvalue weighted by Gasteiger charge is 2.02. The van der Waals surface area contributed by atoms with E-state index in [1.54, 1.807) is 6.07 Å². The molecule has 0 bridgehead atoms. The van der Waals surface area contributed by atoms with Crippen molar-refractivity contribution in [1.29, 1.82) is 0 Å². The van der Waals surface area contributed by atoms with Gasteiger partial charge in [0, 0.05) is 10.7 Å². The van der Waals surface area contributed by atoms with Crippen molar-refractivity contribution < 1.29 is 4.74 Å². The first kappa shape index (κ1) is 14.5. The molecule has 2 nitrogen and oxygen atoms in total. The van der Waals surface area contributed by atoms with Gasteiger partial charge in [-0.15, -0.1) is 0 Å². The molecule has 0 saturated heterocycles. The molecule has 22 heavy (non-hydrogen) atoms. The monoisotopic (exact) mass is 309 g/mol. The van der Waals surface area contributed by atoms with E-state index >= 15 is 0 Å². The predicted molar refractivity (Wildman–Crippen MR) is 92.1 cm³/mol. The van der Waals surface area contributed by atoms with Crippen molar-refractivity contribution in [2.45, 2.75) is 6.61 Å². The van der Waals surface area contributed by atoms with Crippen molar-refractivity contribution in [3.63, 3.8) is 0 Å². The second kappa shape index (κ2) is 6.54. The number of rotatable bonds is 4. The van der Waals surface area contributed by atoms with Crippen LogP contribution in [-0.2, 0) is 6.61 Å². The second-order valence-electron chi connectivity index (χ2n) is 5.07. The van der Waals surface area contributed by atoms with Crippen LogP contribution in [0.2, 0.25) is 5.02 Å². The van der Waals surface area contributed by atoms with Gasteiger partial charge in [-0.3, -0.25) is 0 Å². The summed E-state index contributed by atoms with van der Waals surface area (Å²) >= 11 is 6.04. The smallest absolute Gasteiger partial charge is 0.119 e. The average Bonchev–Trinajstić information content (AvgIpc) is 2.53. The number of anilines is 1. The third kappa shape index (κ3) is 3.60. The van der Waals surface area contributed by atoms with Crippen LogP contribution in [0.4, 0.5) is 5.69 Å². The molecule has 0 saturated carbocycles. The SMILES string of the molecule is Nc1cc(Cl)cc(-c2ccc(OCc3ccccc3)cc2)c1. The molecule has 3 rings (SSSR count). The Balaban J connectivity index is 1.72. The van der Waals surface area contributed by atoms with Gasteiger partial charge in [0.25, 0.3) is 0 Å². The summed E-state index contributed by atoms with van der Waals surface area (Å²) in [6.45, 7) is 0.560. The molecule has 3 aromatic rings. The topological polar surface area (TPSA) is 35.2 Å². The first-order valence-electron chi connectivity index (χ1n) is 7.04. The summed E-state index contributed by atoms with van der Waals surface area (Å²) in [6, 6.07) is 23.6. The van der Waals surface area contributed by atoms with Crippen molar-refractivity contribution in [2.75, 3.05) is 5.73 Å². The highest BCUT2D eigenvalue weighted by atomic mass is 35.5. The lowest BCUT2D eigenvalue weighted by Crippen LogP contribution is -1.94. The van der Waals surface area contributed by atoms with Crippen molar-refractivity contribution >= 4 is 17.3 Å². The Kier molecular flexibility index (Phi) is 4.31. The van der Waals surface area contributed by atoms with Gasteiger partial charge in [0.2, 0.25) is 0 Å². The number of ether oxygens (including phenoxy) is 1. The molecule has 0 heterocycles. The Labute approximate surface area is 135 Å². The van der Waals surface area contributed by atoms with E-state index in [2.05, 4.69) is 0 Å². The zero-order chi connectivity index (χ0) is 15.4. The molecule has 0 fully saturated rings. The third-order valence-corrected chi connectivity index (χ3v) is 3.57. The van der Waals surface area contributed by atoms with E-state index in [9.17, 15) is 0 Å². The van der Waals surface area contributed by atoms with E-state index in [-0.39, 0.29) is 0 Å². The van der Waals surface area contributed by atoms with Gasteiger partial charge in [0.05, 0.1) is 0 Å². The Hall–Kier alpha value is -2.45. The Morgan fingerprint density at radius 2 is 1.55 bits per heavy atom. The standard InChI is InChI=1S/C19H16ClNO/c20-17-10-16(11-18(21)12-17)15-6-8-19(9-7-15)22-13-14-4-2-1-3-5-14/h1-12H,13,21H2. The fraction of sp³-hybridized carbons (Fsp3) is 0.0526. The highest BCUT2D eigenvalue weighted by Crippen LogP contribution is 2.27. The fourth-order valence-corrected chi connectivity index (χ4v) is 2.51. The molecule has 0 aliphatic carbocycles. The summed E-state index contributed by atoms with van der Waals surface area (Å²) in [5.74, 6) is 0.836. The summed E-state index contributed by atoms with van der Waals surface area (Å²) in [5, 5.41) is 0.638. The molecule has 0 aliphatic heterocycles.